The second-order valence-corrected chi connectivity index (χ2v) is 6.47. The summed E-state index contributed by atoms with van der Waals surface area (Å²) in [7, 11) is 0. The van der Waals surface area contributed by atoms with Gasteiger partial charge < -0.3 is 11.1 Å². The molecule has 2 rings (SSSR count). The molecule has 1 aliphatic heterocycles. The van der Waals surface area contributed by atoms with E-state index in [-0.39, 0.29) is 0 Å². The molecular formula is C13H22N4S. The molecule has 18 heavy (non-hydrogen) atoms. The van der Waals surface area contributed by atoms with Crippen LogP contribution in [0.3, 0.4) is 0 Å². The first-order valence-corrected chi connectivity index (χ1v) is 7.70. The molecule has 1 fully saturated rings. The molecule has 0 aromatic carbocycles. The van der Waals surface area contributed by atoms with Gasteiger partial charge in [-0.05, 0) is 18.6 Å². The van der Waals surface area contributed by atoms with Gasteiger partial charge in [-0.1, -0.05) is 20.3 Å². The Balaban J connectivity index is 1.95. The Morgan fingerprint density at radius 2 is 2.28 bits per heavy atom. The third kappa shape index (κ3) is 3.77. The lowest BCUT2D eigenvalue weighted by molar-refractivity contribution is 0.676. The summed E-state index contributed by atoms with van der Waals surface area (Å²) in [6.07, 6.45) is 4.01. The van der Waals surface area contributed by atoms with Crippen LogP contribution in [0.2, 0.25) is 0 Å². The van der Waals surface area contributed by atoms with E-state index in [4.69, 9.17) is 5.73 Å². The fraction of sp³-hybridized carbons (Fsp3) is 0.692. The van der Waals surface area contributed by atoms with Crippen molar-refractivity contribution in [3.8, 4) is 0 Å². The van der Waals surface area contributed by atoms with Gasteiger partial charge in [0.2, 0.25) is 0 Å². The Kier molecular flexibility index (Phi) is 4.69. The Morgan fingerprint density at radius 3 is 2.94 bits per heavy atom. The largest absolute Gasteiger partial charge is 0.384 e. The number of thioether (sulfide) groups is 1. The van der Waals surface area contributed by atoms with Crippen LogP contribution < -0.4 is 11.1 Å². The smallest absolute Gasteiger partial charge is 0.135 e. The predicted molar refractivity (Wildman–Crippen MR) is 79.1 cm³/mol. The molecule has 0 radical (unpaired) electrons. The molecule has 1 aromatic rings. The molecule has 2 heterocycles. The van der Waals surface area contributed by atoms with E-state index in [1.807, 2.05) is 6.07 Å². The van der Waals surface area contributed by atoms with Gasteiger partial charge in [0, 0.05) is 23.8 Å². The van der Waals surface area contributed by atoms with Crippen LogP contribution in [0.4, 0.5) is 11.6 Å². The topological polar surface area (TPSA) is 63.8 Å². The van der Waals surface area contributed by atoms with Crippen LogP contribution in [0.25, 0.3) is 0 Å². The van der Waals surface area contributed by atoms with E-state index in [0.717, 1.165) is 18.2 Å². The highest BCUT2D eigenvalue weighted by Gasteiger charge is 2.14. The summed E-state index contributed by atoms with van der Waals surface area (Å²) in [6.45, 7) is 5.13. The molecule has 4 nitrogen and oxygen atoms in total. The normalized spacial score (nSPS) is 20.1. The van der Waals surface area contributed by atoms with E-state index < -0.39 is 0 Å². The van der Waals surface area contributed by atoms with Gasteiger partial charge in [-0.15, -0.1) is 0 Å². The van der Waals surface area contributed by atoms with Crippen LogP contribution >= 0.6 is 11.8 Å². The van der Waals surface area contributed by atoms with Crippen molar-refractivity contribution in [3.63, 3.8) is 0 Å². The van der Waals surface area contributed by atoms with Crippen molar-refractivity contribution >= 4 is 23.4 Å². The summed E-state index contributed by atoms with van der Waals surface area (Å²) in [5.74, 6) is 3.81. The SMILES string of the molecule is CC(C)c1nc(N)cc(NCC2CCCCS2)n1. The monoisotopic (exact) mass is 266 g/mol. The summed E-state index contributed by atoms with van der Waals surface area (Å²) in [5.41, 5.74) is 5.81. The number of rotatable bonds is 4. The summed E-state index contributed by atoms with van der Waals surface area (Å²) >= 11 is 2.06. The highest BCUT2D eigenvalue weighted by Crippen LogP contribution is 2.25. The highest BCUT2D eigenvalue weighted by atomic mass is 32.2. The number of anilines is 2. The summed E-state index contributed by atoms with van der Waals surface area (Å²) < 4.78 is 0. The summed E-state index contributed by atoms with van der Waals surface area (Å²) in [5, 5.41) is 4.10. The third-order valence-electron chi connectivity index (χ3n) is 3.06. The lowest BCUT2D eigenvalue weighted by Crippen LogP contribution is -2.21. The molecule has 100 valence electrons. The Labute approximate surface area is 113 Å². The Morgan fingerprint density at radius 1 is 1.44 bits per heavy atom. The number of hydrogen-bond acceptors (Lipinski definition) is 5. The lowest BCUT2D eigenvalue weighted by atomic mass is 10.2. The van der Waals surface area contributed by atoms with Gasteiger partial charge in [-0.2, -0.15) is 11.8 Å². The maximum absolute atomic E-state index is 5.81. The van der Waals surface area contributed by atoms with Crippen LogP contribution in [-0.4, -0.2) is 27.5 Å². The first kappa shape index (κ1) is 13.5. The molecule has 1 saturated heterocycles. The standard InChI is InChI=1S/C13H22N4S/c1-9(2)13-16-11(14)7-12(17-13)15-8-10-5-3-4-6-18-10/h7,9-10H,3-6,8H2,1-2H3,(H3,14,15,16,17). The van der Waals surface area contributed by atoms with Gasteiger partial charge in [0.05, 0.1) is 0 Å². The van der Waals surface area contributed by atoms with Crippen molar-refractivity contribution in [1.82, 2.24) is 9.97 Å². The average Bonchev–Trinajstić information content (AvgIpc) is 2.37. The summed E-state index contributed by atoms with van der Waals surface area (Å²) in [6, 6.07) is 1.82. The van der Waals surface area contributed by atoms with E-state index in [2.05, 4.69) is 40.9 Å². The van der Waals surface area contributed by atoms with Crippen molar-refractivity contribution in [1.29, 1.82) is 0 Å². The first-order valence-electron chi connectivity index (χ1n) is 6.65. The van der Waals surface area contributed by atoms with Crippen molar-refractivity contribution in [2.24, 2.45) is 0 Å². The van der Waals surface area contributed by atoms with Crippen molar-refractivity contribution in [2.75, 3.05) is 23.3 Å². The second kappa shape index (κ2) is 6.27. The van der Waals surface area contributed by atoms with Crippen molar-refractivity contribution < 1.29 is 0 Å². The molecule has 0 bridgehead atoms. The van der Waals surface area contributed by atoms with Crippen molar-refractivity contribution in [2.45, 2.75) is 44.3 Å². The zero-order chi connectivity index (χ0) is 13.0. The molecular weight excluding hydrogens is 244 g/mol. The molecule has 1 aliphatic rings. The van der Waals surface area contributed by atoms with Gasteiger partial charge in [-0.3, -0.25) is 0 Å². The van der Waals surface area contributed by atoms with Gasteiger partial charge in [0.25, 0.3) is 0 Å². The minimum absolute atomic E-state index is 0.304. The molecule has 0 saturated carbocycles. The third-order valence-corrected chi connectivity index (χ3v) is 4.46. The number of aromatic nitrogens is 2. The fourth-order valence-corrected chi connectivity index (χ4v) is 3.26. The van der Waals surface area contributed by atoms with Gasteiger partial charge in [-0.25, -0.2) is 9.97 Å². The van der Waals surface area contributed by atoms with Crippen LogP contribution in [0.5, 0.6) is 0 Å². The zero-order valence-corrected chi connectivity index (χ0v) is 12.0. The van der Waals surface area contributed by atoms with E-state index >= 15 is 0 Å². The van der Waals surface area contributed by atoms with E-state index in [1.165, 1.54) is 25.0 Å². The minimum Gasteiger partial charge on any atom is -0.384 e. The average molecular weight is 266 g/mol. The van der Waals surface area contributed by atoms with E-state index in [0.29, 0.717) is 17.0 Å². The second-order valence-electron chi connectivity index (χ2n) is 5.06. The molecule has 1 atom stereocenters. The fourth-order valence-electron chi connectivity index (χ4n) is 2.02. The van der Waals surface area contributed by atoms with Gasteiger partial charge in [0.15, 0.2) is 0 Å². The lowest BCUT2D eigenvalue weighted by Gasteiger charge is -2.21. The Hall–Kier alpha value is -0.970. The number of hydrogen-bond donors (Lipinski definition) is 2. The van der Waals surface area contributed by atoms with Gasteiger partial charge >= 0.3 is 0 Å². The van der Waals surface area contributed by atoms with Crippen molar-refractivity contribution in [3.05, 3.63) is 11.9 Å². The predicted octanol–water partition coefficient (Wildman–Crippen LogP) is 2.88. The maximum Gasteiger partial charge on any atom is 0.135 e. The zero-order valence-electron chi connectivity index (χ0n) is 11.1. The van der Waals surface area contributed by atoms with E-state index in [9.17, 15) is 0 Å². The highest BCUT2D eigenvalue weighted by molar-refractivity contribution is 7.99. The van der Waals surface area contributed by atoms with Gasteiger partial charge in [0.1, 0.15) is 17.5 Å². The quantitative estimate of drug-likeness (QED) is 0.877. The maximum atomic E-state index is 5.81. The van der Waals surface area contributed by atoms with Crippen LogP contribution in [0.1, 0.15) is 44.9 Å². The first-order chi connectivity index (χ1) is 8.65. The number of nitrogens with zero attached hydrogens (tertiary/aromatic N) is 2. The molecule has 3 N–H and O–H groups in total. The molecule has 0 aliphatic carbocycles. The molecule has 5 heteroatoms. The number of nitrogens with one attached hydrogen (secondary N) is 1. The van der Waals surface area contributed by atoms with E-state index in [1.54, 1.807) is 0 Å². The Bertz CT molecular complexity index is 389. The summed E-state index contributed by atoms with van der Waals surface area (Å²) in [4.78, 5) is 8.76. The molecule has 1 unspecified atom stereocenters. The number of nitrogens with two attached hydrogens (primary N) is 1. The molecule has 1 aromatic heterocycles. The van der Waals surface area contributed by atoms with Crippen LogP contribution in [0.15, 0.2) is 6.07 Å². The number of nitrogen functional groups attached to an aromatic ring is 1. The van der Waals surface area contributed by atoms with Crippen LogP contribution in [-0.2, 0) is 0 Å². The van der Waals surface area contributed by atoms with Crippen LogP contribution in [0, 0.1) is 0 Å². The molecule has 0 amide bonds. The minimum atomic E-state index is 0.304. The molecule has 0 spiro atoms.